The van der Waals surface area contributed by atoms with Gasteiger partial charge in [-0.05, 0) is 49.6 Å². The lowest BCUT2D eigenvalue weighted by atomic mass is 9.94. The highest BCUT2D eigenvalue weighted by molar-refractivity contribution is 7.92. The summed E-state index contributed by atoms with van der Waals surface area (Å²) in [5, 5.41) is 11.8. The molecule has 1 atom stereocenters. The summed E-state index contributed by atoms with van der Waals surface area (Å²) >= 11 is 1.28. The molecule has 0 radical (unpaired) electrons. The SMILES string of the molecule is CCN(CCC(=O)Nc1cccc(-c2ccc([C@@]3(CC(=O)NO)CCCCS3(=O)=O)s2)c1)C(N)=O. The second kappa shape index (κ2) is 11.2. The Morgan fingerprint density at radius 1 is 1.17 bits per heavy atom. The summed E-state index contributed by atoms with van der Waals surface area (Å²) in [4.78, 5) is 38.4. The zero-order chi connectivity index (χ0) is 25.6. The summed E-state index contributed by atoms with van der Waals surface area (Å²) in [5.74, 6) is -1.02. The quantitative estimate of drug-likeness (QED) is 0.293. The van der Waals surface area contributed by atoms with Gasteiger partial charge in [0.05, 0.1) is 12.2 Å². The maximum atomic E-state index is 13.1. The number of nitrogens with zero attached hydrogens (tertiary/aromatic N) is 1. The third-order valence-electron chi connectivity index (χ3n) is 6.20. The van der Waals surface area contributed by atoms with Gasteiger partial charge in [0.2, 0.25) is 11.8 Å². The molecular formula is C23H30N4O6S2. The first-order valence-corrected chi connectivity index (χ1v) is 13.8. The number of hydrogen-bond donors (Lipinski definition) is 4. The summed E-state index contributed by atoms with van der Waals surface area (Å²) in [7, 11) is -3.61. The molecule has 2 heterocycles. The second-order valence-corrected chi connectivity index (χ2v) is 11.9. The molecule has 35 heavy (non-hydrogen) atoms. The minimum Gasteiger partial charge on any atom is -0.351 e. The molecule has 2 aromatic rings. The van der Waals surface area contributed by atoms with Crippen LogP contribution in [0.5, 0.6) is 0 Å². The average molecular weight is 523 g/mol. The molecule has 0 aliphatic carbocycles. The van der Waals surface area contributed by atoms with E-state index in [0.29, 0.717) is 36.4 Å². The second-order valence-electron chi connectivity index (χ2n) is 8.44. The number of urea groups is 1. The third kappa shape index (κ3) is 6.00. The average Bonchev–Trinajstić information content (AvgIpc) is 3.31. The minimum absolute atomic E-state index is 0.00826. The highest BCUT2D eigenvalue weighted by atomic mass is 32.2. The number of thiophene rings is 1. The fraction of sp³-hybridized carbons (Fsp3) is 0.435. The Labute approximate surface area is 208 Å². The monoisotopic (exact) mass is 522 g/mol. The molecule has 0 unspecified atom stereocenters. The molecule has 0 spiro atoms. The molecule has 4 amide bonds. The van der Waals surface area contributed by atoms with Crippen molar-refractivity contribution in [3.05, 3.63) is 41.3 Å². The summed E-state index contributed by atoms with van der Waals surface area (Å²) in [6, 6.07) is 10.1. The van der Waals surface area contributed by atoms with Gasteiger partial charge in [-0.25, -0.2) is 18.7 Å². The van der Waals surface area contributed by atoms with E-state index in [1.165, 1.54) is 16.2 Å². The van der Waals surface area contributed by atoms with Crippen molar-refractivity contribution in [1.82, 2.24) is 10.4 Å². The molecule has 1 aromatic carbocycles. The molecule has 1 aliphatic rings. The minimum atomic E-state index is -3.61. The van der Waals surface area contributed by atoms with Crippen LogP contribution in [0.25, 0.3) is 10.4 Å². The van der Waals surface area contributed by atoms with E-state index in [1.54, 1.807) is 42.7 Å². The van der Waals surface area contributed by atoms with E-state index < -0.39 is 26.5 Å². The molecular weight excluding hydrogens is 492 g/mol. The lowest BCUT2D eigenvalue weighted by molar-refractivity contribution is -0.130. The van der Waals surface area contributed by atoms with E-state index in [1.807, 2.05) is 6.07 Å². The van der Waals surface area contributed by atoms with E-state index in [2.05, 4.69) is 5.32 Å². The molecule has 1 fully saturated rings. The van der Waals surface area contributed by atoms with Crippen LogP contribution in [-0.2, 0) is 24.2 Å². The highest BCUT2D eigenvalue weighted by Crippen LogP contribution is 2.47. The largest absolute Gasteiger partial charge is 0.351 e. The number of nitrogens with two attached hydrogens (primary N) is 1. The Morgan fingerprint density at radius 2 is 1.94 bits per heavy atom. The summed E-state index contributed by atoms with van der Waals surface area (Å²) < 4.78 is 24.9. The highest BCUT2D eigenvalue weighted by Gasteiger charge is 2.49. The van der Waals surface area contributed by atoms with Gasteiger partial charge in [0.25, 0.3) is 0 Å². The van der Waals surface area contributed by atoms with Crippen LogP contribution in [0.2, 0.25) is 0 Å². The number of nitrogens with one attached hydrogen (secondary N) is 2. The first-order valence-electron chi connectivity index (χ1n) is 11.3. The number of sulfone groups is 1. The van der Waals surface area contributed by atoms with Gasteiger partial charge in [-0.2, -0.15) is 0 Å². The smallest absolute Gasteiger partial charge is 0.314 e. The van der Waals surface area contributed by atoms with Crippen molar-refractivity contribution < 1.29 is 28.0 Å². The number of rotatable bonds is 9. The van der Waals surface area contributed by atoms with Crippen LogP contribution in [0, 0.1) is 0 Å². The van der Waals surface area contributed by atoms with Crippen LogP contribution in [0.3, 0.4) is 0 Å². The molecule has 0 bridgehead atoms. The van der Waals surface area contributed by atoms with Crippen LogP contribution in [0.1, 0.15) is 43.9 Å². The number of benzene rings is 1. The van der Waals surface area contributed by atoms with Gasteiger partial charge >= 0.3 is 6.03 Å². The molecule has 1 aromatic heterocycles. The van der Waals surface area contributed by atoms with E-state index in [-0.39, 0.29) is 31.0 Å². The van der Waals surface area contributed by atoms with Gasteiger partial charge in [-0.1, -0.05) is 18.6 Å². The standard InChI is InChI=1S/C23H30N4O6S2/c1-2-27(22(24)30)12-10-20(28)25-17-7-5-6-16(14-17)18-8-9-19(34-18)23(15-21(29)26-31)11-3-4-13-35(23,32)33/h5-9,14,31H,2-4,10-13,15H2,1H3,(H2,24,30)(H,25,28)(H,26,29)/t23-/m0/s1. The van der Waals surface area contributed by atoms with Crippen LogP contribution in [0.4, 0.5) is 10.5 Å². The topological polar surface area (TPSA) is 159 Å². The predicted octanol–water partition coefficient (Wildman–Crippen LogP) is 2.83. The van der Waals surface area contributed by atoms with Crippen LogP contribution in [0.15, 0.2) is 36.4 Å². The van der Waals surface area contributed by atoms with Crippen molar-refractivity contribution in [2.24, 2.45) is 5.73 Å². The van der Waals surface area contributed by atoms with Gasteiger partial charge in [0.1, 0.15) is 4.75 Å². The number of carbonyl (C=O) groups excluding carboxylic acids is 3. The number of amides is 4. The van der Waals surface area contributed by atoms with E-state index in [0.717, 1.165) is 10.4 Å². The van der Waals surface area contributed by atoms with Gasteiger partial charge in [0, 0.05) is 35.0 Å². The van der Waals surface area contributed by atoms with Crippen LogP contribution >= 0.6 is 11.3 Å². The number of hydroxylamine groups is 1. The number of carbonyl (C=O) groups is 3. The summed E-state index contributed by atoms with van der Waals surface area (Å²) in [5.41, 5.74) is 8.18. The van der Waals surface area contributed by atoms with Gasteiger partial charge in [0.15, 0.2) is 9.84 Å². The van der Waals surface area contributed by atoms with E-state index >= 15 is 0 Å². The lowest BCUT2D eigenvalue weighted by Crippen LogP contribution is -2.43. The van der Waals surface area contributed by atoms with Gasteiger partial charge in [-0.15, -0.1) is 11.3 Å². The van der Waals surface area contributed by atoms with E-state index in [4.69, 9.17) is 10.9 Å². The Kier molecular flexibility index (Phi) is 8.51. The van der Waals surface area contributed by atoms with Gasteiger partial charge < -0.3 is 16.0 Å². The van der Waals surface area contributed by atoms with Crippen molar-refractivity contribution in [2.45, 2.75) is 43.8 Å². The Morgan fingerprint density at radius 3 is 2.60 bits per heavy atom. The molecule has 1 saturated heterocycles. The lowest BCUT2D eigenvalue weighted by Gasteiger charge is -2.35. The number of hydrogen-bond acceptors (Lipinski definition) is 7. The zero-order valence-corrected chi connectivity index (χ0v) is 21.1. The van der Waals surface area contributed by atoms with Crippen LogP contribution in [-0.4, -0.2) is 55.2 Å². The first kappa shape index (κ1) is 26.6. The Hall–Kier alpha value is -2.96. The van der Waals surface area contributed by atoms with Crippen molar-refractivity contribution in [3.8, 4) is 10.4 Å². The number of anilines is 1. The maximum absolute atomic E-state index is 13.1. The van der Waals surface area contributed by atoms with E-state index in [9.17, 15) is 22.8 Å². The van der Waals surface area contributed by atoms with Crippen LogP contribution < -0.4 is 16.5 Å². The molecule has 190 valence electrons. The maximum Gasteiger partial charge on any atom is 0.314 e. The van der Waals surface area contributed by atoms with Crippen molar-refractivity contribution in [2.75, 3.05) is 24.2 Å². The van der Waals surface area contributed by atoms with Crippen molar-refractivity contribution in [3.63, 3.8) is 0 Å². The number of primary amides is 1. The fourth-order valence-electron chi connectivity index (χ4n) is 4.29. The predicted molar refractivity (Wildman–Crippen MR) is 134 cm³/mol. The molecule has 1 aliphatic heterocycles. The zero-order valence-electron chi connectivity index (χ0n) is 19.5. The molecule has 3 rings (SSSR count). The molecule has 10 nitrogen and oxygen atoms in total. The fourth-order valence-corrected chi connectivity index (χ4v) is 8.06. The van der Waals surface area contributed by atoms with Crippen molar-refractivity contribution >= 4 is 44.7 Å². The first-order chi connectivity index (χ1) is 16.6. The molecule has 5 N–H and O–H groups in total. The van der Waals surface area contributed by atoms with Gasteiger partial charge in [-0.3, -0.25) is 14.8 Å². The normalized spacial score (nSPS) is 19.0. The Balaban J connectivity index is 1.81. The summed E-state index contributed by atoms with van der Waals surface area (Å²) in [6.45, 7) is 2.40. The molecule has 12 heteroatoms. The van der Waals surface area contributed by atoms with Crippen molar-refractivity contribution in [1.29, 1.82) is 0 Å². The third-order valence-corrected chi connectivity index (χ3v) is 10.3. The Bertz CT molecular complexity index is 1200. The molecule has 0 saturated carbocycles. The summed E-state index contributed by atoms with van der Waals surface area (Å²) in [6.07, 6.45) is 1.26.